The molecule has 25 heavy (non-hydrogen) atoms. The Morgan fingerprint density at radius 1 is 1.24 bits per heavy atom. The summed E-state index contributed by atoms with van der Waals surface area (Å²) in [5.74, 6) is 0.983. The summed E-state index contributed by atoms with van der Waals surface area (Å²) in [4.78, 5) is 21.1. The van der Waals surface area contributed by atoms with Crippen molar-refractivity contribution in [1.82, 2.24) is 14.5 Å². The largest absolute Gasteiger partial charge is 0.393 e. The molecule has 5 heteroatoms. The number of aliphatic hydroxyl groups excluding tert-OH is 1. The first kappa shape index (κ1) is 17.3. The molecule has 0 saturated heterocycles. The van der Waals surface area contributed by atoms with Gasteiger partial charge in [0.2, 0.25) is 0 Å². The van der Waals surface area contributed by atoms with Gasteiger partial charge in [-0.15, -0.1) is 0 Å². The number of fused-ring (bicyclic) bond motifs is 1. The fourth-order valence-electron chi connectivity index (χ4n) is 3.00. The van der Waals surface area contributed by atoms with Crippen molar-refractivity contribution in [3.63, 3.8) is 0 Å². The van der Waals surface area contributed by atoms with Crippen LogP contribution < -0.4 is 0 Å². The Balaban J connectivity index is 2.07. The van der Waals surface area contributed by atoms with E-state index in [1.165, 1.54) is 0 Å². The van der Waals surface area contributed by atoms with Crippen molar-refractivity contribution in [3.8, 4) is 5.69 Å². The Bertz CT molecular complexity index is 895. The summed E-state index contributed by atoms with van der Waals surface area (Å²) in [6.07, 6.45) is 3.13. The monoisotopic (exact) mass is 337 g/mol. The van der Waals surface area contributed by atoms with E-state index in [9.17, 15) is 9.90 Å². The zero-order valence-corrected chi connectivity index (χ0v) is 14.9. The van der Waals surface area contributed by atoms with Crippen molar-refractivity contribution < 1.29 is 9.90 Å². The summed E-state index contributed by atoms with van der Waals surface area (Å²) in [6, 6.07) is 9.89. The van der Waals surface area contributed by atoms with Crippen molar-refractivity contribution >= 4 is 16.9 Å². The van der Waals surface area contributed by atoms with E-state index in [0.717, 1.165) is 34.7 Å². The minimum Gasteiger partial charge on any atom is -0.393 e. The molecule has 3 rings (SSSR count). The van der Waals surface area contributed by atoms with E-state index >= 15 is 0 Å². The Morgan fingerprint density at radius 3 is 2.56 bits per heavy atom. The highest BCUT2D eigenvalue weighted by atomic mass is 16.3. The van der Waals surface area contributed by atoms with E-state index in [-0.39, 0.29) is 11.9 Å². The normalized spacial score (nSPS) is 12.5. The Kier molecular flexibility index (Phi) is 4.95. The van der Waals surface area contributed by atoms with Gasteiger partial charge in [0.05, 0.1) is 6.10 Å². The maximum atomic E-state index is 11.9. The van der Waals surface area contributed by atoms with Gasteiger partial charge in [0, 0.05) is 30.3 Å². The molecule has 2 heterocycles. The molecule has 5 nitrogen and oxygen atoms in total. The molecule has 0 radical (unpaired) electrons. The number of aryl methyl sites for hydroxylation is 1. The molecule has 0 bridgehead atoms. The zero-order chi connectivity index (χ0) is 18.0. The summed E-state index contributed by atoms with van der Waals surface area (Å²) in [7, 11) is 0. The first-order chi connectivity index (χ1) is 12.0. The van der Waals surface area contributed by atoms with E-state index in [0.29, 0.717) is 18.4 Å². The molecule has 130 valence electrons. The second kappa shape index (κ2) is 7.15. The summed E-state index contributed by atoms with van der Waals surface area (Å²) in [6.45, 7) is 5.68. The molecule has 1 aromatic carbocycles. The third-order valence-corrected chi connectivity index (χ3v) is 4.25. The molecular formula is C20H23N3O2. The number of imidazole rings is 1. The summed E-state index contributed by atoms with van der Waals surface area (Å²) >= 11 is 0. The number of nitrogens with zero attached hydrogens (tertiary/aromatic N) is 3. The first-order valence-corrected chi connectivity index (χ1v) is 8.71. The molecule has 1 unspecified atom stereocenters. The molecule has 0 amide bonds. The van der Waals surface area contributed by atoms with Gasteiger partial charge in [0.1, 0.15) is 11.3 Å². The topological polar surface area (TPSA) is 68.0 Å². The van der Waals surface area contributed by atoms with Gasteiger partial charge in [-0.3, -0.25) is 9.36 Å². The maximum Gasteiger partial charge on any atom is 0.164 e. The van der Waals surface area contributed by atoms with E-state index < -0.39 is 0 Å². The molecule has 0 aliphatic carbocycles. The Labute approximate surface area is 147 Å². The van der Waals surface area contributed by atoms with Crippen molar-refractivity contribution in [3.05, 3.63) is 53.5 Å². The highest BCUT2D eigenvalue weighted by molar-refractivity contribution is 5.97. The second-order valence-electron chi connectivity index (χ2n) is 6.28. The van der Waals surface area contributed by atoms with Crippen molar-refractivity contribution in [1.29, 1.82) is 0 Å². The third kappa shape index (κ3) is 3.46. The summed E-state index contributed by atoms with van der Waals surface area (Å²) in [5.41, 5.74) is 4.17. The van der Waals surface area contributed by atoms with Crippen molar-refractivity contribution in [2.45, 2.75) is 46.1 Å². The number of Topliss-reactive ketones (excluding diaryl/α,β-unsaturated/α-hetero) is 1. The molecule has 0 aliphatic heterocycles. The second-order valence-corrected chi connectivity index (χ2v) is 6.28. The average Bonchev–Trinajstić information content (AvgIpc) is 2.99. The van der Waals surface area contributed by atoms with Gasteiger partial charge >= 0.3 is 0 Å². The van der Waals surface area contributed by atoms with Gasteiger partial charge in [-0.1, -0.05) is 26.0 Å². The molecular weight excluding hydrogens is 314 g/mol. The van der Waals surface area contributed by atoms with Crippen LogP contribution in [0.2, 0.25) is 0 Å². The van der Waals surface area contributed by atoms with Crippen LogP contribution in [0.4, 0.5) is 0 Å². The number of rotatable bonds is 6. The van der Waals surface area contributed by atoms with E-state index in [2.05, 4.69) is 16.9 Å². The van der Waals surface area contributed by atoms with Crippen LogP contribution in [0.25, 0.3) is 16.9 Å². The Hall–Kier alpha value is -2.53. The van der Waals surface area contributed by atoms with Crippen LogP contribution in [0, 0.1) is 0 Å². The van der Waals surface area contributed by atoms with E-state index in [4.69, 9.17) is 0 Å². The fourth-order valence-corrected chi connectivity index (χ4v) is 3.00. The smallest absolute Gasteiger partial charge is 0.164 e. The third-order valence-electron chi connectivity index (χ3n) is 4.25. The van der Waals surface area contributed by atoms with Crippen LogP contribution in [0.3, 0.4) is 0 Å². The molecule has 0 fully saturated rings. The van der Waals surface area contributed by atoms with Crippen LogP contribution in [0.5, 0.6) is 0 Å². The van der Waals surface area contributed by atoms with Crippen molar-refractivity contribution in [2.24, 2.45) is 0 Å². The van der Waals surface area contributed by atoms with Gasteiger partial charge in [-0.05, 0) is 37.1 Å². The zero-order valence-electron chi connectivity index (χ0n) is 14.9. The molecule has 0 saturated carbocycles. The predicted octanol–water partition coefficient (Wildman–Crippen LogP) is 3.50. The number of pyridine rings is 1. The van der Waals surface area contributed by atoms with Gasteiger partial charge < -0.3 is 5.11 Å². The number of aliphatic hydroxyl groups is 1. The van der Waals surface area contributed by atoms with Crippen LogP contribution >= 0.6 is 0 Å². The Morgan fingerprint density at radius 2 is 1.96 bits per heavy atom. The minimum absolute atomic E-state index is 0.0736. The lowest BCUT2D eigenvalue weighted by Gasteiger charge is -2.10. The SMILES string of the molecule is CCC(=O)c1cnc2c(c1)nc(CC)n2-c1ccc(CC(C)O)cc1. The lowest BCUT2D eigenvalue weighted by Crippen LogP contribution is -2.05. The number of hydrogen-bond acceptors (Lipinski definition) is 4. The molecule has 3 aromatic rings. The molecule has 1 atom stereocenters. The lowest BCUT2D eigenvalue weighted by atomic mass is 10.1. The van der Waals surface area contributed by atoms with Crippen LogP contribution in [0.15, 0.2) is 36.5 Å². The number of hydrogen-bond donors (Lipinski definition) is 1. The average molecular weight is 337 g/mol. The van der Waals surface area contributed by atoms with Gasteiger partial charge in [0.15, 0.2) is 11.4 Å². The van der Waals surface area contributed by atoms with Gasteiger partial charge in [-0.25, -0.2) is 9.97 Å². The predicted molar refractivity (Wildman–Crippen MR) is 98.2 cm³/mol. The van der Waals surface area contributed by atoms with Crippen LogP contribution in [-0.2, 0) is 12.8 Å². The number of benzene rings is 1. The number of aromatic nitrogens is 3. The fraction of sp³-hybridized carbons (Fsp3) is 0.350. The van der Waals surface area contributed by atoms with Crippen molar-refractivity contribution in [2.75, 3.05) is 0 Å². The lowest BCUT2D eigenvalue weighted by molar-refractivity contribution is 0.0988. The highest BCUT2D eigenvalue weighted by Gasteiger charge is 2.15. The molecule has 1 N–H and O–H groups in total. The molecule has 0 aliphatic rings. The summed E-state index contributed by atoms with van der Waals surface area (Å²) < 4.78 is 2.03. The standard InChI is InChI=1S/C20H23N3O2/c1-4-18(25)15-11-17-20(21-12-15)23(19(5-2)22-17)16-8-6-14(7-9-16)10-13(3)24/h6-9,11-13,24H,4-5,10H2,1-3H3. The molecule has 2 aromatic heterocycles. The minimum atomic E-state index is -0.359. The van der Waals surface area contributed by atoms with E-state index in [1.54, 1.807) is 13.1 Å². The summed E-state index contributed by atoms with van der Waals surface area (Å²) in [5, 5.41) is 9.52. The highest BCUT2D eigenvalue weighted by Crippen LogP contribution is 2.22. The quantitative estimate of drug-likeness (QED) is 0.699. The van der Waals surface area contributed by atoms with Crippen LogP contribution in [-0.4, -0.2) is 31.5 Å². The first-order valence-electron chi connectivity index (χ1n) is 8.71. The van der Waals surface area contributed by atoms with Crippen LogP contribution in [0.1, 0.15) is 48.9 Å². The number of ketones is 1. The number of carbonyl (C=O) groups is 1. The van der Waals surface area contributed by atoms with Gasteiger partial charge in [0.25, 0.3) is 0 Å². The molecule has 0 spiro atoms. The number of carbonyl (C=O) groups excluding carboxylic acids is 1. The van der Waals surface area contributed by atoms with E-state index in [1.807, 2.05) is 41.8 Å². The van der Waals surface area contributed by atoms with Gasteiger partial charge in [-0.2, -0.15) is 0 Å². The maximum absolute atomic E-state index is 11.9.